The Bertz CT molecular complexity index is 1100. The van der Waals surface area contributed by atoms with Crippen LogP contribution >= 0.6 is 0 Å². The van der Waals surface area contributed by atoms with Gasteiger partial charge in [0.05, 0.1) is 18.4 Å². The fraction of sp³-hybridized carbons (Fsp3) is 0.423. The first kappa shape index (κ1) is 22.5. The highest BCUT2D eigenvalue weighted by atomic mass is 19.1. The number of benzene rings is 2. The van der Waals surface area contributed by atoms with Gasteiger partial charge in [0.1, 0.15) is 11.6 Å². The van der Waals surface area contributed by atoms with Crippen LogP contribution in [-0.4, -0.2) is 36.9 Å². The third-order valence-corrected chi connectivity index (χ3v) is 7.18. The number of nitrogens with one attached hydrogen (secondary N) is 2. The van der Waals surface area contributed by atoms with Crippen LogP contribution < -0.4 is 15.5 Å². The van der Waals surface area contributed by atoms with E-state index in [0.29, 0.717) is 31.1 Å². The van der Waals surface area contributed by atoms with E-state index < -0.39 is 29.4 Å². The molecule has 0 aromatic heterocycles. The summed E-state index contributed by atoms with van der Waals surface area (Å²) in [7, 11) is 0. The Balaban J connectivity index is 1.14. The number of amides is 3. The van der Waals surface area contributed by atoms with Crippen molar-refractivity contribution < 1.29 is 23.2 Å². The van der Waals surface area contributed by atoms with E-state index in [-0.39, 0.29) is 30.4 Å². The Morgan fingerprint density at radius 3 is 2.29 bits per heavy atom. The van der Waals surface area contributed by atoms with Gasteiger partial charge in [-0.25, -0.2) is 8.78 Å². The Hall–Kier alpha value is -3.29. The number of anilines is 1. The predicted octanol–water partition coefficient (Wildman–Crippen LogP) is 3.30. The molecule has 2 N–H and O–H groups in total. The van der Waals surface area contributed by atoms with E-state index in [0.717, 1.165) is 5.56 Å². The minimum absolute atomic E-state index is 0.0508. The van der Waals surface area contributed by atoms with E-state index >= 15 is 0 Å². The van der Waals surface area contributed by atoms with Gasteiger partial charge < -0.3 is 10.2 Å². The molecule has 1 aliphatic carbocycles. The largest absolute Gasteiger partial charge is 0.367 e. The van der Waals surface area contributed by atoms with Gasteiger partial charge in [-0.3, -0.25) is 19.7 Å². The zero-order valence-corrected chi connectivity index (χ0v) is 18.8. The van der Waals surface area contributed by atoms with Crippen molar-refractivity contribution in [3.05, 3.63) is 64.7 Å². The molecule has 2 aliphatic heterocycles. The second-order valence-corrected chi connectivity index (χ2v) is 9.54. The average molecular weight is 468 g/mol. The third-order valence-electron chi connectivity index (χ3n) is 7.18. The second kappa shape index (κ2) is 9.16. The smallest absolute Gasteiger partial charge is 0.234 e. The predicted molar refractivity (Wildman–Crippen MR) is 122 cm³/mol. The number of hydrogen-bond acceptors (Lipinski definition) is 4. The Morgan fingerprint density at radius 1 is 1.03 bits per heavy atom. The molecule has 6 nitrogen and oxygen atoms in total. The minimum Gasteiger partial charge on any atom is -0.367 e. The van der Waals surface area contributed by atoms with Crippen LogP contribution in [0.1, 0.15) is 60.6 Å². The molecule has 2 saturated heterocycles. The molecular formula is C26H27F2N3O3. The van der Waals surface area contributed by atoms with Gasteiger partial charge in [-0.15, -0.1) is 0 Å². The molecule has 5 rings (SSSR count). The molecule has 8 heteroatoms. The van der Waals surface area contributed by atoms with E-state index in [1.807, 2.05) is 12.1 Å². The summed E-state index contributed by atoms with van der Waals surface area (Å²) in [5.74, 6) is -3.14. The summed E-state index contributed by atoms with van der Waals surface area (Å²) < 4.78 is 29.5. The van der Waals surface area contributed by atoms with Crippen LogP contribution in [0, 0.1) is 11.6 Å². The summed E-state index contributed by atoms with van der Waals surface area (Å²) in [6, 6.07) is 10.6. The monoisotopic (exact) mass is 467 g/mol. The van der Waals surface area contributed by atoms with Gasteiger partial charge in [0.25, 0.3) is 0 Å². The molecule has 3 aliphatic rings. The SMILES string of the molecule is O=C1CCC(c2c(F)cc(N3CC(NC(=O)Cc4ccc(C5CCC5)cc4)C3)cc2F)C(=O)N1. The first-order chi connectivity index (χ1) is 16.4. The van der Waals surface area contributed by atoms with Gasteiger partial charge >= 0.3 is 0 Å². The molecule has 3 fully saturated rings. The van der Waals surface area contributed by atoms with Gasteiger partial charge in [-0.05, 0) is 48.4 Å². The summed E-state index contributed by atoms with van der Waals surface area (Å²) in [5, 5.41) is 5.11. The maximum atomic E-state index is 14.7. The van der Waals surface area contributed by atoms with Gasteiger partial charge in [0.15, 0.2) is 0 Å². The van der Waals surface area contributed by atoms with Crippen molar-refractivity contribution in [1.82, 2.24) is 10.6 Å². The van der Waals surface area contributed by atoms with E-state index in [2.05, 4.69) is 22.8 Å². The normalized spacial score (nSPS) is 21.0. The molecule has 34 heavy (non-hydrogen) atoms. The number of carbonyl (C=O) groups is 3. The lowest BCUT2D eigenvalue weighted by molar-refractivity contribution is -0.134. The first-order valence-electron chi connectivity index (χ1n) is 11.8. The Kier molecular flexibility index (Phi) is 6.06. The topological polar surface area (TPSA) is 78.5 Å². The summed E-state index contributed by atoms with van der Waals surface area (Å²) in [5.41, 5.74) is 2.36. The second-order valence-electron chi connectivity index (χ2n) is 9.54. The fourth-order valence-electron chi connectivity index (χ4n) is 4.95. The Labute approximate surface area is 196 Å². The lowest BCUT2D eigenvalue weighted by Crippen LogP contribution is -2.59. The maximum absolute atomic E-state index is 14.7. The molecular weight excluding hydrogens is 440 g/mol. The van der Waals surface area contributed by atoms with Crippen LogP contribution in [0.5, 0.6) is 0 Å². The molecule has 2 aromatic rings. The molecule has 1 atom stereocenters. The quantitative estimate of drug-likeness (QED) is 0.639. The van der Waals surface area contributed by atoms with Crippen LogP contribution in [0.25, 0.3) is 0 Å². The molecule has 0 bridgehead atoms. The van der Waals surface area contributed by atoms with E-state index in [4.69, 9.17) is 0 Å². The maximum Gasteiger partial charge on any atom is 0.234 e. The van der Waals surface area contributed by atoms with E-state index in [9.17, 15) is 23.2 Å². The molecule has 0 spiro atoms. The number of piperidine rings is 1. The van der Waals surface area contributed by atoms with Gasteiger partial charge in [0.2, 0.25) is 17.7 Å². The number of carbonyl (C=O) groups excluding carboxylic acids is 3. The summed E-state index contributed by atoms with van der Waals surface area (Å²) >= 11 is 0. The number of imide groups is 1. The first-order valence-corrected chi connectivity index (χ1v) is 11.8. The Morgan fingerprint density at radius 2 is 1.71 bits per heavy atom. The van der Waals surface area contributed by atoms with Crippen LogP contribution in [0.3, 0.4) is 0 Å². The van der Waals surface area contributed by atoms with Crippen molar-refractivity contribution >= 4 is 23.4 Å². The van der Waals surface area contributed by atoms with Crippen LogP contribution in [0.2, 0.25) is 0 Å². The molecule has 1 saturated carbocycles. The molecule has 1 unspecified atom stereocenters. The number of hydrogen-bond donors (Lipinski definition) is 2. The highest BCUT2D eigenvalue weighted by Gasteiger charge is 2.34. The third kappa shape index (κ3) is 4.54. The summed E-state index contributed by atoms with van der Waals surface area (Å²) in [6.07, 6.45) is 4.20. The number of halogens is 2. The average Bonchev–Trinajstić information content (AvgIpc) is 2.71. The van der Waals surface area contributed by atoms with Crippen molar-refractivity contribution in [3.8, 4) is 0 Å². The van der Waals surface area contributed by atoms with Gasteiger partial charge in [0, 0.05) is 30.8 Å². The minimum atomic E-state index is -1.02. The number of nitrogens with zero attached hydrogens (tertiary/aromatic N) is 1. The molecule has 178 valence electrons. The van der Waals surface area contributed by atoms with Gasteiger partial charge in [-0.1, -0.05) is 30.7 Å². The zero-order valence-electron chi connectivity index (χ0n) is 18.8. The van der Waals surface area contributed by atoms with Crippen molar-refractivity contribution in [2.75, 3.05) is 18.0 Å². The van der Waals surface area contributed by atoms with E-state index in [1.165, 1.54) is 37.0 Å². The van der Waals surface area contributed by atoms with Crippen molar-refractivity contribution in [2.45, 2.75) is 56.4 Å². The molecule has 0 radical (unpaired) electrons. The highest BCUT2D eigenvalue weighted by Crippen LogP contribution is 2.36. The van der Waals surface area contributed by atoms with Crippen molar-refractivity contribution in [2.24, 2.45) is 0 Å². The van der Waals surface area contributed by atoms with Crippen LogP contribution in [0.15, 0.2) is 36.4 Å². The standard InChI is InChI=1S/C26H27F2N3O3/c27-21-11-19(12-22(28)25(21)20-8-9-23(32)30-26(20)34)31-13-18(14-31)29-24(33)10-15-4-6-17(7-5-15)16-2-1-3-16/h4-7,11-12,16,18,20H,1-3,8-10,13-14H2,(H,29,33)(H,30,32,34). The van der Waals surface area contributed by atoms with Crippen LogP contribution in [0.4, 0.5) is 14.5 Å². The van der Waals surface area contributed by atoms with Crippen molar-refractivity contribution in [1.29, 1.82) is 0 Å². The molecule has 2 heterocycles. The summed E-state index contributed by atoms with van der Waals surface area (Å²) in [6.45, 7) is 0.895. The van der Waals surface area contributed by atoms with Crippen LogP contribution in [-0.2, 0) is 20.8 Å². The molecule has 3 amide bonds. The lowest BCUT2D eigenvalue weighted by Gasteiger charge is -2.41. The summed E-state index contributed by atoms with van der Waals surface area (Å²) in [4.78, 5) is 37.5. The fourth-order valence-corrected chi connectivity index (χ4v) is 4.95. The van der Waals surface area contributed by atoms with Crippen molar-refractivity contribution in [3.63, 3.8) is 0 Å². The highest BCUT2D eigenvalue weighted by molar-refractivity contribution is 6.01. The zero-order chi connectivity index (χ0) is 23.8. The van der Waals surface area contributed by atoms with E-state index in [1.54, 1.807) is 4.90 Å². The number of rotatable bonds is 6. The molecule has 2 aromatic carbocycles. The lowest BCUT2D eigenvalue weighted by atomic mass is 9.80. The van der Waals surface area contributed by atoms with Gasteiger partial charge in [-0.2, -0.15) is 0 Å².